The van der Waals surface area contributed by atoms with Gasteiger partial charge in [-0.1, -0.05) is 6.07 Å². The van der Waals surface area contributed by atoms with Crippen molar-refractivity contribution in [3.05, 3.63) is 99.6 Å². The van der Waals surface area contributed by atoms with E-state index in [4.69, 9.17) is 21.7 Å². The molecule has 0 unspecified atom stereocenters. The first-order valence-corrected chi connectivity index (χ1v) is 15.4. The second kappa shape index (κ2) is 11.5. The number of nitrogens with zero attached hydrogens (tertiary/aromatic N) is 4. The molecule has 0 bridgehead atoms. The van der Waals surface area contributed by atoms with Crippen LogP contribution in [0.25, 0.3) is 5.69 Å². The molecule has 43 heavy (non-hydrogen) atoms. The van der Waals surface area contributed by atoms with Crippen LogP contribution in [0.3, 0.4) is 0 Å². The molecule has 0 saturated carbocycles. The van der Waals surface area contributed by atoms with Crippen LogP contribution in [0.4, 0.5) is 17.1 Å². The summed E-state index contributed by atoms with van der Waals surface area (Å²) in [6.07, 6.45) is 2.77. The Balaban J connectivity index is 1.69. The van der Waals surface area contributed by atoms with E-state index in [0.717, 1.165) is 28.9 Å². The zero-order chi connectivity index (χ0) is 31.1. The summed E-state index contributed by atoms with van der Waals surface area (Å²) in [5.41, 5.74) is 4.41. The van der Waals surface area contributed by atoms with Gasteiger partial charge < -0.3 is 24.3 Å². The SMILES string of the molecule is COc1ccc(-n2c(C)cc([C@H]3[C@@H](c4ccccn4)NC(=S)N3c3ccc(NS(C)(=O)=O)c(OC)c3)c2C)c([N+](=O)[O-])c1. The lowest BCUT2D eigenvalue weighted by molar-refractivity contribution is -0.384. The lowest BCUT2D eigenvalue weighted by Gasteiger charge is -2.29. The number of hydrogen-bond acceptors (Lipinski definition) is 8. The van der Waals surface area contributed by atoms with Gasteiger partial charge in [0.1, 0.15) is 17.2 Å². The lowest BCUT2D eigenvalue weighted by Crippen LogP contribution is -2.29. The van der Waals surface area contributed by atoms with E-state index in [1.165, 1.54) is 20.3 Å². The predicted molar refractivity (Wildman–Crippen MR) is 168 cm³/mol. The number of hydrogen-bond donors (Lipinski definition) is 2. The van der Waals surface area contributed by atoms with Crippen LogP contribution in [-0.2, 0) is 10.0 Å². The van der Waals surface area contributed by atoms with E-state index in [0.29, 0.717) is 28.0 Å². The second-order valence-corrected chi connectivity index (χ2v) is 12.2. The van der Waals surface area contributed by atoms with Crippen LogP contribution in [-0.4, -0.2) is 48.5 Å². The summed E-state index contributed by atoms with van der Waals surface area (Å²) in [5.74, 6) is 0.692. The zero-order valence-electron chi connectivity index (χ0n) is 24.1. The average molecular weight is 623 g/mol. The third-order valence-corrected chi connectivity index (χ3v) is 8.17. The molecule has 5 rings (SSSR count). The number of aryl methyl sites for hydroxylation is 1. The summed E-state index contributed by atoms with van der Waals surface area (Å²) in [6, 6.07) is 16.7. The Bertz CT molecular complexity index is 1830. The third kappa shape index (κ3) is 5.70. The Labute approximate surface area is 254 Å². The maximum absolute atomic E-state index is 12.1. The average Bonchev–Trinajstić information content (AvgIpc) is 3.47. The van der Waals surface area contributed by atoms with E-state index < -0.39 is 21.0 Å². The molecule has 12 nitrogen and oxygen atoms in total. The normalized spacial score (nSPS) is 16.6. The minimum atomic E-state index is -3.55. The molecule has 0 radical (unpaired) electrons. The van der Waals surface area contributed by atoms with Crippen molar-refractivity contribution in [2.45, 2.75) is 25.9 Å². The Morgan fingerprint density at radius 2 is 1.84 bits per heavy atom. The maximum atomic E-state index is 12.1. The van der Waals surface area contributed by atoms with Crippen molar-refractivity contribution in [3.8, 4) is 17.2 Å². The van der Waals surface area contributed by atoms with Gasteiger partial charge in [-0.15, -0.1) is 0 Å². The predicted octanol–water partition coefficient (Wildman–Crippen LogP) is 4.96. The molecular weight excluding hydrogens is 592 g/mol. The second-order valence-electron chi connectivity index (χ2n) is 10.0. The van der Waals surface area contributed by atoms with Crippen molar-refractivity contribution in [1.29, 1.82) is 0 Å². The first-order chi connectivity index (χ1) is 20.4. The molecule has 0 amide bonds. The van der Waals surface area contributed by atoms with E-state index in [2.05, 4.69) is 15.0 Å². The maximum Gasteiger partial charge on any atom is 0.296 e. The van der Waals surface area contributed by atoms with E-state index >= 15 is 0 Å². The molecule has 3 heterocycles. The van der Waals surface area contributed by atoms with Gasteiger partial charge in [-0.2, -0.15) is 0 Å². The fraction of sp³-hybridized carbons (Fsp3) is 0.241. The van der Waals surface area contributed by atoms with Crippen molar-refractivity contribution in [3.63, 3.8) is 0 Å². The number of benzene rings is 2. The number of anilines is 2. The van der Waals surface area contributed by atoms with E-state index in [-0.39, 0.29) is 17.4 Å². The van der Waals surface area contributed by atoms with Gasteiger partial charge in [0.15, 0.2) is 5.11 Å². The molecule has 0 aliphatic carbocycles. The molecule has 14 heteroatoms. The Morgan fingerprint density at radius 1 is 1.07 bits per heavy atom. The van der Waals surface area contributed by atoms with E-state index in [1.54, 1.807) is 36.5 Å². The minimum absolute atomic E-state index is 0.0930. The Kier molecular flexibility index (Phi) is 7.99. The van der Waals surface area contributed by atoms with Crippen molar-refractivity contribution < 1.29 is 22.8 Å². The summed E-state index contributed by atoms with van der Waals surface area (Å²) in [6.45, 7) is 3.80. The van der Waals surface area contributed by atoms with Crippen LogP contribution in [0.5, 0.6) is 11.5 Å². The number of pyridine rings is 1. The molecule has 1 saturated heterocycles. The summed E-state index contributed by atoms with van der Waals surface area (Å²) in [4.78, 5) is 18.2. The number of sulfonamides is 1. The highest BCUT2D eigenvalue weighted by atomic mass is 32.2. The molecular formula is C29H30N6O6S2. The zero-order valence-corrected chi connectivity index (χ0v) is 25.7. The lowest BCUT2D eigenvalue weighted by atomic mass is 9.96. The van der Waals surface area contributed by atoms with Crippen LogP contribution in [0, 0.1) is 24.0 Å². The Morgan fingerprint density at radius 3 is 2.47 bits per heavy atom. The highest BCUT2D eigenvalue weighted by Crippen LogP contribution is 2.45. The molecule has 2 N–H and O–H groups in total. The quantitative estimate of drug-likeness (QED) is 0.149. The van der Waals surface area contributed by atoms with Gasteiger partial charge >= 0.3 is 0 Å². The number of rotatable bonds is 9. The summed E-state index contributed by atoms with van der Waals surface area (Å²) < 4.78 is 38.9. The standard InChI is InChI=1S/C29H30N6O6S2/c1-17-14-21(18(2)33(17)24-12-10-20(40-3)16-25(24)35(36)37)28-27(23-8-6-7-13-30-23)31-29(42)34(28)19-9-11-22(26(15-19)41-4)32-43(5,38)39/h6-16,27-28,32H,1-5H3,(H,31,42)/t27-,28+/m1/s1. The van der Waals surface area contributed by atoms with Crippen molar-refractivity contribution in [2.24, 2.45) is 0 Å². The van der Waals surface area contributed by atoms with Crippen LogP contribution in [0.2, 0.25) is 0 Å². The van der Waals surface area contributed by atoms with E-state index in [9.17, 15) is 18.5 Å². The molecule has 2 atom stereocenters. The number of ether oxygens (including phenoxy) is 2. The fourth-order valence-electron chi connectivity index (χ4n) is 5.49. The monoisotopic (exact) mass is 622 g/mol. The highest BCUT2D eigenvalue weighted by molar-refractivity contribution is 7.92. The van der Waals surface area contributed by atoms with Crippen molar-refractivity contribution in [1.82, 2.24) is 14.9 Å². The molecule has 1 aliphatic heterocycles. The van der Waals surface area contributed by atoms with Gasteiger partial charge in [0.2, 0.25) is 10.0 Å². The third-order valence-electron chi connectivity index (χ3n) is 7.27. The summed E-state index contributed by atoms with van der Waals surface area (Å²) in [7, 11) is -0.630. The molecule has 4 aromatic rings. The molecule has 1 fully saturated rings. The van der Waals surface area contributed by atoms with Gasteiger partial charge in [-0.25, -0.2) is 8.42 Å². The van der Waals surface area contributed by atoms with Crippen LogP contribution >= 0.6 is 12.2 Å². The van der Waals surface area contributed by atoms with Crippen LogP contribution in [0.1, 0.15) is 34.7 Å². The number of nitro groups is 1. The number of nitro benzene ring substituents is 1. The van der Waals surface area contributed by atoms with Crippen molar-refractivity contribution in [2.75, 3.05) is 30.1 Å². The summed E-state index contributed by atoms with van der Waals surface area (Å²) >= 11 is 5.86. The topological polar surface area (TPSA) is 141 Å². The largest absolute Gasteiger partial charge is 0.496 e. The fourth-order valence-corrected chi connectivity index (χ4v) is 6.40. The van der Waals surface area contributed by atoms with Gasteiger partial charge in [0.25, 0.3) is 5.69 Å². The molecule has 224 valence electrons. The van der Waals surface area contributed by atoms with Crippen LogP contribution < -0.4 is 24.4 Å². The molecule has 2 aromatic heterocycles. The minimum Gasteiger partial charge on any atom is -0.496 e. The highest BCUT2D eigenvalue weighted by Gasteiger charge is 2.42. The van der Waals surface area contributed by atoms with Gasteiger partial charge in [-0.05, 0) is 74.1 Å². The van der Waals surface area contributed by atoms with Crippen LogP contribution in [0.15, 0.2) is 66.9 Å². The van der Waals surface area contributed by atoms with E-state index in [1.807, 2.05) is 47.6 Å². The van der Waals surface area contributed by atoms with Gasteiger partial charge in [0.05, 0.1) is 54.9 Å². The van der Waals surface area contributed by atoms with Crippen molar-refractivity contribution >= 4 is 44.4 Å². The van der Waals surface area contributed by atoms with Gasteiger partial charge in [-0.3, -0.25) is 19.8 Å². The Hall–Kier alpha value is -4.69. The number of thiocarbonyl (C=S) groups is 1. The number of nitrogens with one attached hydrogen (secondary N) is 2. The number of methoxy groups -OCH3 is 2. The molecule has 2 aromatic carbocycles. The summed E-state index contributed by atoms with van der Waals surface area (Å²) in [5, 5.41) is 15.9. The van der Waals surface area contributed by atoms with Gasteiger partial charge in [0, 0.05) is 29.3 Å². The molecule has 0 spiro atoms. The number of aromatic nitrogens is 2. The molecule has 1 aliphatic rings. The first-order valence-electron chi connectivity index (χ1n) is 13.1. The smallest absolute Gasteiger partial charge is 0.296 e. The first kappa shape index (κ1) is 29.8.